The van der Waals surface area contributed by atoms with E-state index in [-0.39, 0.29) is 0 Å². The summed E-state index contributed by atoms with van der Waals surface area (Å²) in [5.74, 6) is 0.290. The molecule has 2 N–H and O–H groups in total. The first kappa shape index (κ1) is 17.3. The van der Waals surface area contributed by atoms with Crippen molar-refractivity contribution in [2.75, 3.05) is 34.5 Å². The number of carboxylic acids is 1. The van der Waals surface area contributed by atoms with Crippen LogP contribution in [-0.4, -0.2) is 51.1 Å². The molecule has 0 spiro atoms. The molecule has 6 heteroatoms. The highest BCUT2D eigenvalue weighted by Crippen LogP contribution is 2.29. The van der Waals surface area contributed by atoms with E-state index in [1.807, 2.05) is 6.07 Å². The molecule has 21 heavy (non-hydrogen) atoms. The lowest BCUT2D eigenvalue weighted by Gasteiger charge is -2.26. The van der Waals surface area contributed by atoms with Crippen LogP contribution < -0.4 is 14.8 Å². The SMILES string of the molecule is COCCNC(C)(Cc1ccc(OC)c(OC)c1)C(=O)O. The Morgan fingerprint density at radius 1 is 1.24 bits per heavy atom. The fraction of sp³-hybridized carbons (Fsp3) is 0.533. The first-order valence-corrected chi connectivity index (χ1v) is 6.65. The minimum absolute atomic E-state index is 0.326. The Morgan fingerprint density at radius 2 is 1.90 bits per heavy atom. The summed E-state index contributed by atoms with van der Waals surface area (Å²) in [6, 6.07) is 5.39. The number of benzene rings is 1. The third-order valence-corrected chi connectivity index (χ3v) is 3.30. The Morgan fingerprint density at radius 3 is 2.43 bits per heavy atom. The molecular formula is C15H23NO5. The molecule has 1 unspecified atom stereocenters. The van der Waals surface area contributed by atoms with Gasteiger partial charge < -0.3 is 19.3 Å². The molecule has 0 aromatic heterocycles. The van der Waals surface area contributed by atoms with Crippen LogP contribution in [0, 0.1) is 0 Å². The summed E-state index contributed by atoms with van der Waals surface area (Å²) in [7, 11) is 4.69. The van der Waals surface area contributed by atoms with Gasteiger partial charge in [0.2, 0.25) is 0 Å². The normalized spacial score (nSPS) is 13.5. The van der Waals surface area contributed by atoms with Gasteiger partial charge in [-0.3, -0.25) is 10.1 Å². The van der Waals surface area contributed by atoms with E-state index < -0.39 is 11.5 Å². The van der Waals surface area contributed by atoms with Crippen LogP contribution in [0.25, 0.3) is 0 Å². The molecule has 0 aliphatic rings. The van der Waals surface area contributed by atoms with Gasteiger partial charge in [0.15, 0.2) is 11.5 Å². The average molecular weight is 297 g/mol. The smallest absolute Gasteiger partial charge is 0.323 e. The van der Waals surface area contributed by atoms with Gasteiger partial charge in [0.05, 0.1) is 20.8 Å². The summed E-state index contributed by atoms with van der Waals surface area (Å²) in [5, 5.41) is 12.5. The molecule has 0 radical (unpaired) electrons. The van der Waals surface area contributed by atoms with Gasteiger partial charge in [-0.05, 0) is 24.6 Å². The molecule has 0 heterocycles. The summed E-state index contributed by atoms with van der Waals surface area (Å²) >= 11 is 0. The number of hydrogen-bond acceptors (Lipinski definition) is 5. The molecule has 0 saturated heterocycles. The average Bonchev–Trinajstić information content (AvgIpc) is 2.47. The molecule has 1 aromatic rings. The van der Waals surface area contributed by atoms with Crippen LogP contribution in [0.3, 0.4) is 0 Å². The van der Waals surface area contributed by atoms with Crippen LogP contribution in [0.1, 0.15) is 12.5 Å². The number of methoxy groups -OCH3 is 3. The highest BCUT2D eigenvalue weighted by Gasteiger charge is 2.32. The third kappa shape index (κ3) is 4.61. The van der Waals surface area contributed by atoms with Crippen LogP contribution in [0.2, 0.25) is 0 Å². The van der Waals surface area contributed by atoms with Crippen molar-refractivity contribution >= 4 is 5.97 Å². The topological polar surface area (TPSA) is 77.0 Å². The predicted molar refractivity (Wildman–Crippen MR) is 79.2 cm³/mol. The molecule has 0 fully saturated rings. The van der Waals surface area contributed by atoms with E-state index in [1.165, 1.54) is 0 Å². The lowest BCUT2D eigenvalue weighted by atomic mass is 9.92. The summed E-state index contributed by atoms with van der Waals surface area (Å²) in [6.07, 6.45) is 0.326. The number of rotatable bonds is 9. The molecule has 0 aliphatic carbocycles. The van der Waals surface area contributed by atoms with Crippen molar-refractivity contribution in [3.8, 4) is 11.5 Å². The number of nitrogens with one attached hydrogen (secondary N) is 1. The number of ether oxygens (including phenoxy) is 3. The van der Waals surface area contributed by atoms with E-state index in [2.05, 4.69) is 5.32 Å². The molecule has 0 bridgehead atoms. The van der Waals surface area contributed by atoms with Crippen molar-refractivity contribution in [3.63, 3.8) is 0 Å². The molecule has 6 nitrogen and oxygen atoms in total. The monoisotopic (exact) mass is 297 g/mol. The molecule has 0 aliphatic heterocycles. The number of aliphatic carboxylic acids is 1. The summed E-state index contributed by atoms with van der Waals surface area (Å²) in [4.78, 5) is 11.5. The van der Waals surface area contributed by atoms with Crippen molar-refractivity contribution in [1.82, 2.24) is 5.32 Å². The lowest BCUT2D eigenvalue weighted by molar-refractivity contribution is -0.144. The lowest BCUT2D eigenvalue weighted by Crippen LogP contribution is -2.52. The third-order valence-electron chi connectivity index (χ3n) is 3.30. The Bertz CT molecular complexity index is 477. The van der Waals surface area contributed by atoms with E-state index >= 15 is 0 Å². The van der Waals surface area contributed by atoms with Crippen LogP contribution in [0.5, 0.6) is 11.5 Å². The number of carboxylic acid groups (broad SMARTS) is 1. The summed E-state index contributed by atoms with van der Waals surface area (Å²) < 4.78 is 15.4. The molecule has 0 saturated carbocycles. The number of carbonyl (C=O) groups is 1. The maximum atomic E-state index is 11.5. The van der Waals surface area contributed by atoms with Gasteiger partial charge in [0, 0.05) is 20.1 Å². The van der Waals surface area contributed by atoms with Gasteiger partial charge in [-0.1, -0.05) is 6.07 Å². The van der Waals surface area contributed by atoms with Gasteiger partial charge in [0.1, 0.15) is 5.54 Å². The molecule has 0 amide bonds. The zero-order valence-electron chi connectivity index (χ0n) is 12.9. The maximum Gasteiger partial charge on any atom is 0.323 e. The van der Waals surface area contributed by atoms with E-state index in [9.17, 15) is 9.90 Å². The van der Waals surface area contributed by atoms with Crippen LogP contribution in [0.15, 0.2) is 18.2 Å². The minimum atomic E-state index is -1.07. The minimum Gasteiger partial charge on any atom is -0.493 e. The zero-order valence-corrected chi connectivity index (χ0v) is 12.9. The van der Waals surface area contributed by atoms with E-state index in [4.69, 9.17) is 14.2 Å². The number of hydrogen-bond donors (Lipinski definition) is 2. The first-order chi connectivity index (χ1) is 9.96. The van der Waals surface area contributed by atoms with Gasteiger partial charge in [-0.15, -0.1) is 0 Å². The van der Waals surface area contributed by atoms with Crippen molar-refractivity contribution in [2.45, 2.75) is 18.9 Å². The van der Waals surface area contributed by atoms with Crippen LogP contribution >= 0.6 is 0 Å². The molecule has 1 aromatic carbocycles. The second kappa shape index (κ2) is 7.85. The van der Waals surface area contributed by atoms with E-state index in [0.717, 1.165) is 5.56 Å². The zero-order chi connectivity index (χ0) is 15.9. The molecule has 1 atom stereocenters. The Hall–Kier alpha value is -1.79. The van der Waals surface area contributed by atoms with Gasteiger partial charge >= 0.3 is 5.97 Å². The molecule has 1 rings (SSSR count). The fourth-order valence-electron chi connectivity index (χ4n) is 2.04. The van der Waals surface area contributed by atoms with E-state index in [1.54, 1.807) is 40.4 Å². The van der Waals surface area contributed by atoms with Crippen molar-refractivity contribution in [2.24, 2.45) is 0 Å². The second-order valence-corrected chi connectivity index (χ2v) is 4.92. The Kier molecular flexibility index (Phi) is 6.45. The fourth-order valence-corrected chi connectivity index (χ4v) is 2.04. The van der Waals surface area contributed by atoms with Crippen LogP contribution in [0.4, 0.5) is 0 Å². The Balaban J connectivity index is 2.90. The van der Waals surface area contributed by atoms with Crippen molar-refractivity contribution in [3.05, 3.63) is 23.8 Å². The molecular weight excluding hydrogens is 274 g/mol. The largest absolute Gasteiger partial charge is 0.493 e. The highest BCUT2D eigenvalue weighted by molar-refractivity contribution is 5.78. The van der Waals surface area contributed by atoms with Crippen molar-refractivity contribution < 1.29 is 24.1 Å². The van der Waals surface area contributed by atoms with Gasteiger partial charge in [0.25, 0.3) is 0 Å². The van der Waals surface area contributed by atoms with Crippen LogP contribution in [-0.2, 0) is 16.0 Å². The predicted octanol–water partition coefficient (Wildman–Crippen LogP) is 1.33. The quantitative estimate of drug-likeness (QED) is 0.670. The maximum absolute atomic E-state index is 11.5. The molecule has 118 valence electrons. The van der Waals surface area contributed by atoms with Crippen molar-refractivity contribution in [1.29, 1.82) is 0 Å². The Labute approximate surface area is 125 Å². The first-order valence-electron chi connectivity index (χ1n) is 6.65. The standard InChI is InChI=1S/C15H23NO5/c1-15(14(17)18,16-7-8-19-2)10-11-5-6-12(20-3)13(9-11)21-4/h5-6,9,16H,7-8,10H2,1-4H3,(H,17,18). The second-order valence-electron chi connectivity index (χ2n) is 4.92. The van der Waals surface area contributed by atoms with Gasteiger partial charge in [-0.25, -0.2) is 0 Å². The highest BCUT2D eigenvalue weighted by atomic mass is 16.5. The summed E-state index contributed by atoms with van der Waals surface area (Å²) in [6.45, 7) is 2.57. The summed E-state index contributed by atoms with van der Waals surface area (Å²) in [5.41, 5.74) is -0.222. The van der Waals surface area contributed by atoms with Gasteiger partial charge in [-0.2, -0.15) is 0 Å². The van der Waals surface area contributed by atoms with E-state index in [0.29, 0.717) is 31.1 Å².